The van der Waals surface area contributed by atoms with Crippen molar-refractivity contribution >= 4 is 5.91 Å². The molecular formula is C18H26N2O2. The van der Waals surface area contributed by atoms with Crippen molar-refractivity contribution in [2.24, 2.45) is 16.7 Å². The van der Waals surface area contributed by atoms with Gasteiger partial charge in [0.15, 0.2) is 5.69 Å². The van der Waals surface area contributed by atoms with Gasteiger partial charge in [0, 0.05) is 12.2 Å². The summed E-state index contributed by atoms with van der Waals surface area (Å²) < 4.78 is 0. The van der Waals surface area contributed by atoms with Gasteiger partial charge in [-0.1, -0.05) is 20.8 Å². The highest BCUT2D eigenvalue weighted by Crippen LogP contribution is 2.58. The number of rotatable bonds is 3. The fraction of sp³-hybridized carbons (Fsp3) is 0.667. The second-order valence-electron chi connectivity index (χ2n) is 8.20. The molecule has 22 heavy (non-hydrogen) atoms. The van der Waals surface area contributed by atoms with Crippen LogP contribution in [-0.2, 0) is 0 Å². The summed E-state index contributed by atoms with van der Waals surface area (Å²) in [6, 6.07) is 3.29. The predicted octanol–water partition coefficient (Wildman–Crippen LogP) is 3.51. The number of nitrogens with zero attached hydrogens (tertiary/aromatic N) is 1. The van der Waals surface area contributed by atoms with Gasteiger partial charge >= 0.3 is 0 Å². The van der Waals surface area contributed by atoms with E-state index in [4.69, 9.17) is 0 Å². The maximum atomic E-state index is 12.4. The van der Waals surface area contributed by atoms with E-state index >= 15 is 0 Å². The summed E-state index contributed by atoms with van der Waals surface area (Å²) in [5.74, 6) is 0.361. The van der Waals surface area contributed by atoms with Crippen LogP contribution in [0.4, 0.5) is 0 Å². The molecule has 1 aromatic heterocycles. The summed E-state index contributed by atoms with van der Waals surface area (Å²) >= 11 is 0. The van der Waals surface area contributed by atoms with Crippen molar-refractivity contribution in [1.82, 2.24) is 10.3 Å². The molecule has 2 N–H and O–H groups in total. The maximum Gasteiger partial charge on any atom is 0.273 e. The van der Waals surface area contributed by atoms with Crippen LogP contribution < -0.4 is 5.32 Å². The van der Waals surface area contributed by atoms with Crippen LogP contribution in [0.3, 0.4) is 0 Å². The minimum absolute atomic E-state index is 0.0548. The van der Waals surface area contributed by atoms with Crippen LogP contribution >= 0.6 is 0 Å². The van der Waals surface area contributed by atoms with Crippen molar-refractivity contribution in [3.05, 3.63) is 24.0 Å². The molecule has 2 aliphatic carbocycles. The molecule has 2 aliphatic rings. The average Bonchev–Trinajstić information content (AvgIpc) is 3.16. The second kappa shape index (κ2) is 5.25. The standard InChI is InChI=1S/C18H26N2O2/c1-17(2)10-12(18(3)6-7-18)9-13(11-17)20-16(22)15-14(21)5-4-8-19-15/h4-5,8,12-13,21H,6-7,9-11H2,1-3H3,(H,20,22). The van der Waals surface area contributed by atoms with E-state index in [1.54, 1.807) is 6.07 Å². The molecule has 0 spiro atoms. The van der Waals surface area contributed by atoms with Crippen LogP contribution in [0.5, 0.6) is 5.75 Å². The fourth-order valence-electron chi connectivity index (χ4n) is 4.00. The molecule has 4 nitrogen and oxygen atoms in total. The number of nitrogens with one attached hydrogen (secondary N) is 1. The summed E-state index contributed by atoms with van der Waals surface area (Å²) in [7, 11) is 0. The topological polar surface area (TPSA) is 62.2 Å². The zero-order valence-corrected chi connectivity index (χ0v) is 13.7. The van der Waals surface area contributed by atoms with Crippen molar-refractivity contribution in [3.8, 4) is 5.75 Å². The Morgan fingerprint density at radius 2 is 2.05 bits per heavy atom. The van der Waals surface area contributed by atoms with Gasteiger partial charge in [0.1, 0.15) is 5.75 Å². The van der Waals surface area contributed by atoms with E-state index in [-0.39, 0.29) is 28.8 Å². The lowest BCUT2D eigenvalue weighted by atomic mass is 9.65. The molecule has 1 aromatic rings. The normalized spacial score (nSPS) is 28.9. The molecule has 1 amide bonds. The van der Waals surface area contributed by atoms with Gasteiger partial charge in [-0.2, -0.15) is 0 Å². The van der Waals surface area contributed by atoms with Gasteiger partial charge < -0.3 is 10.4 Å². The molecule has 0 aromatic carbocycles. The third kappa shape index (κ3) is 3.11. The third-order valence-electron chi connectivity index (χ3n) is 5.53. The van der Waals surface area contributed by atoms with Gasteiger partial charge in [-0.15, -0.1) is 0 Å². The molecule has 2 atom stereocenters. The Morgan fingerprint density at radius 1 is 1.32 bits per heavy atom. The molecule has 0 radical (unpaired) electrons. The van der Waals surface area contributed by atoms with Crippen molar-refractivity contribution in [2.75, 3.05) is 0 Å². The molecule has 3 rings (SSSR count). The maximum absolute atomic E-state index is 12.4. The fourth-order valence-corrected chi connectivity index (χ4v) is 4.00. The summed E-state index contributed by atoms with van der Waals surface area (Å²) in [4.78, 5) is 16.4. The number of aromatic hydroxyl groups is 1. The molecule has 2 saturated carbocycles. The summed E-state index contributed by atoms with van der Waals surface area (Å²) in [5.41, 5.74) is 0.854. The van der Waals surface area contributed by atoms with E-state index < -0.39 is 0 Å². The van der Waals surface area contributed by atoms with Crippen LogP contribution in [-0.4, -0.2) is 22.0 Å². The monoisotopic (exact) mass is 302 g/mol. The highest BCUT2D eigenvalue weighted by atomic mass is 16.3. The molecule has 0 bridgehead atoms. The smallest absolute Gasteiger partial charge is 0.273 e. The number of hydrogen-bond donors (Lipinski definition) is 2. The van der Waals surface area contributed by atoms with Gasteiger partial charge in [0.25, 0.3) is 5.91 Å². The molecule has 2 unspecified atom stereocenters. The van der Waals surface area contributed by atoms with Crippen molar-refractivity contribution in [2.45, 2.75) is 58.9 Å². The Morgan fingerprint density at radius 3 is 2.68 bits per heavy atom. The van der Waals surface area contributed by atoms with E-state index in [9.17, 15) is 9.90 Å². The van der Waals surface area contributed by atoms with Crippen molar-refractivity contribution < 1.29 is 9.90 Å². The molecule has 0 saturated heterocycles. The Bertz CT molecular complexity index is 578. The van der Waals surface area contributed by atoms with Gasteiger partial charge in [-0.05, 0) is 61.0 Å². The minimum atomic E-state index is -0.263. The van der Waals surface area contributed by atoms with Gasteiger partial charge in [-0.25, -0.2) is 4.98 Å². The van der Waals surface area contributed by atoms with Gasteiger partial charge in [0.05, 0.1) is 0 Å². The van der Waals surface area contributed by atoms with Crippen molar-refractivity contribution in [3.63, 3.8) is 0 Å². The highest BCUT2D eigenvalue weighted by Gasteiger charge is 2.49. The van der Waals surface area contributed by atoms with E-state index in [1.165, 1.54) is 31.5 Å². The number of carbonyl (C=O) groups is 1. The number of carbonyl (C=O) groups excluding carboxylic acids is 1. The summed E-state index contributed by atoms with van der Waals surface area (Å²) in [6.07, 6.45) is 7.43. The molecule has 1 heterocycles. The zero-order chi connectivity index (χ0) is 16.0. The lowest BCUT2D eigenvalue weighted by molar-refractivity contribution is 0.0775. The zero-order valence-electron chi connectivity index (χ0n) is 13.7. The molecule has 4 heteroatoms. The molecule has 0 aliphatic heterocycles. The van der Waals surface area contributed by atoms with Crippen molar-refractivity contribution in [1.29, 1.82) is 0 Å². The Hall–Kier alpha value is -1.58. The summed E-state index contributed by atoms with van der Waals surface area (Å²) in [5, 5.41) is 12.9. The number of aromatic nitrogens is 1. The van der Waals surface area contributed by atoms with Crippen LogP contribution in [0.15, 0.2) is 18.3 Å². The first-order valence-electron chi connectivity index (χ1n) is 8.24. The quantitative estimate of drug-likeness (QED) is 0.898. The van der Waals surface area contributed by atoms with Crippen LogP contribution in [0.25, 0.3) is 0 Å². The van der Waals surface area contributed by atoms with E-state index in [2.05, 4.69) is 31.1 Å². The minimum Gasteiger partial charge on any atom is -0.505 e. The SMILES string of the molecule is CC1(C)CC(NC(=O)c2ncccc2O)CC(C2(C)CC2)C1. The van der Waals surface area contributed by atoms with Crippen LogP contribution in [0.2, 0.25) is 0 Å². The lowest BCUT2D eigenvalue weighted by Gasteiger charge is -2.43. The first kappa shape index (κ1) is 15.3. The molecule has 2 fully saturated rings. The number of hydrogen-bond acceptors (Lipinski definition) is 3. The van der Waals surface area contributed by atoms with E-state index in [0.717, 1.165) is 12.8 Å². The van der Waals surface area contributed by atoms with E-state index in [1.807, 2.05) is 0 Å². The predicted molar refractivity (Wildman–Crippen MR) is 85.6 cm³/mol. The van der Waals surface area contributed by atoms with E-state index in [0.29, 0.717) is 11.3 Å². The first-order valence-corrected chi connectivity index (χ1v) is 8.24. The van der Waals surface area contributed by atoms with Gasteiger partial charge in [-0.3, -0.25) is 4.79 Å². The van der Waals surface area contributed by atoms with Crippen LogP contribution in [0, 0.1) is 16.7 Å². The average molecular weight is 302 g/mol. The number of pyridine rings is 1. The Labute approximate surface area is 132 Å². The molecular weight excluding hydrogens is 276 g/mol. The van der Waals surface area contributed by atoms with Crippen LogP contribution in [0.1, 0.15) is 63.4 Å². The first-order chi connectivity index (χ1) is 10.3. The largest absolute Gasteiger partial charge is 0.505 e. The van der Waals surface area contributed by atoms with Gasteiger partial charge in [0.2, 0.25) is 0 Å². The summed E-state index contributed by atoms with van der Waals surface area (Å²) in [6.45, 7) is 6.97. The highest BCUT2D eigenvalue weighted by molar-refractivity contribution is 5.94. The second-order valence-corrected chi connectivity index (χ2v) is 8.20. The Balaban J connectivity index is 1.71. The number of amides is 1. The lowest BCUT2D eigenvalue weighted by Crippen LogP contribution is -2.45. The Kier molecular flexibility index (Phi) is 3.66. The molecule has 120 valence electrons. The third-order valence-corrected chi connectivity index (χ3v) is 5.53.